The van der Waals surface area contributed by atoms with E-state index in [1.165, 1.54) is 0 Å². The molecule has 0 aliphatic heterocycles. The van der Waals surface area contributed by atoms with Gasteiger partial charge in [0.1, 0.15) is 0 Å². The second-order valence-corrected chi connectivity index (χ2v) is 1.75. The molecule has 0 aromatic heterocycles. The summed E-state index contributed by atoms with van der Waals surface area (Å²) in [5.74, 6) is 3.03. The molecule has 0 radical (unpaired) electrons. The molecule has 0 rings (SSSR count). The lowest BCUT2D eigenvalue weighted by molar-refractivity contribution is 0.616. The van der Waals surface area contributed by atoms with Crippen molar-refractivity contribution in [2.24, 2.45) is 11.7 Å². The van der Waals surface area contributed by atoms with Crippen LogP contribution in [0.2, 0.25) is 0 Å². The Balaban J connectivity index is 3.03. The molecule has 2 N–H and O–H groups in total. The van der Waals surface area contributed by atoms with Crippen molar-refractivity contribution in [2.75, 3.05) is 6.54 Å². The maximum absolute atomic E-state index is 5.26. The Labute approximate surface area is 44.9 Å². The van der Waals surface area contributed by atoms with Gasteiger partial charge in [-0.25, -0.2) is 0 Å². The van der Waals surface area contributed by atoms with E-state index >= 15 is 0 Å². The highest BCUT2D eigenvalue weighted by molar-refractivity contribution is 4.85. The Morgan fingerprint density at radius 3 is 2.57 bits per heavy atom. The molecular formula is C6H11N. The lowest BCUT2D eigenvalue weighted by Gasteiger charge is -1.98. The number of terminal acetylenes is 1. The third-order valence-corrected chi connectivity index (χ3v) is 0.869. The number of rotatable bonds is 2. The molecule has 0 aliphatic carbocycles. The van der Waals surface area contributed by atoms with E-state index in [0.717, 1.165) is 6.42 Å². The van der Waals surface area contributed by atoms with Gasteiger partial charge in [0.05, 0.1) is 0 Å². The predicted octanol–water partition coefficient (Wildman–Crippen LogP) is 0.605. The summed E-state index contributed by atoms with van der Waals surface area (Å²) in [5, 5.41) is 0. The number of nitrogens with two attached hydrogens (primary N) is 1. The zero-order valence-corrected chi connectivity index (χ0v) is 4.65. The van der Waals surface area contributed by atoms with Crippen molar-refractivity contribution in [1.29, 1.82) is 0 Å². The van der Waals surface area contributed by atoms with Gasteiger partial charge in [-0.1, -0.05) is 6.92 Å². The zero-order valence-electron chi connectivity index (χ0n) is 4.65. The molecule has 0 saturated heterocycles. The smallest absolute Gasteiger partial charge is 0.0124 e. The molecule has 0 fully saturated rings. The fourth-order valence-corrected chi connectivity index (χ4v) is 0.285. The predicted molar refractivity (Wildman–Crippen MR) is 31.7 cm³/mol. The van der Waals surface area contributed by atoms with E-state index < -0.39 is 0 Å². The fourth-order valence-electron chi connectivity index (χ4n) is 0.285. The SMILES string of the molecule is C#CC[C@H](C)CN. The summed E-state index contributed by atoms with van der Waals surface area (Å²) in [6.07, 6.45) is 5.80. The monoisotopic (exact) mass is 97.1 g/mol. The van der Waals surface area contributed by atoms with Gasteiger partial charge in [-0.05, 0) is 12.5 Å². The van der Waals surface area contributed by atoms with Gasteiger partial charge in [0.25, 0.3) is 0 Å². The first kappa shape index (κ1) is 6.52. The topological polar surface area (TPSA) is 26.0 Å². The summed E-state index contributed by atoms with van der Waals surface area (Å²) in [4.78, 5) is 0. The van der Waals surface area contributed by atoms with Crippen molar-refractivity contribution in [3.8, 4) is 12.3 Å². The van der Waals surface area contributed by atoms with Gasteiger partial charge in [0, 0.05) is 6.42 Å². The second kappa shape index (κ2) is 3.70. The van der Waals surface area contributed by atoms with E-state index in [0.29, 0.717) is 12.5 Å². The van der Waals surface area contributed by atoms with E-state index in [4.69, 9.17) is 12.2 Å². The van der Waals surface area contributed by atoms with Crippen LogP contribution in [0.15, 0.2) is 0 Å². The standard InChI is InChI=1S/C6H11N/c1-3-4-6(2)5-7/h1,6H,4-5,7H2,2H3/t6-/m0/s1. The Morgan fingerprint density at radius 2 is 2.43 bits per heavy atom. The lowest BCUT2D eigenvalue weighted by atomic mass is 10.1. The van der Waals surface area contributed by atoms with Crippen LogP contribution in [0.5, 0.6) is 0 Å². The van der Waals surface area contributed by atoms with Gasteiger partial charge in [0.2, 0.25) is 0 Å². The largest absolute Gasteiger partial charge is 0.330 e. The molecule has 1 heteroatoms. The van der Waals surface area contributed by atoms with E-state index in [9.17, 15) is 0 Å². The van der Waals surface area contributed by atoms with E-state index in [1.807, 2.05) is 6.92 Å². The average Bonchev–Trinajstić information content (AvgIpc) is 1.68. The molecule has 0 aromatic carbocycles. The van der Waals surface area contributed by atoms with Crippen LogP contribution in [0.25, 0.3) is 0 Å². The molecule has 0 bridgehead atoms. The van der Waals surface area contributed by atoms with Gasteiger partial charge in [-0.3, -0.25) is 0 Å². The Hall–Kier alpha value is -0.480. The highest BCUT2D eigenvalue weighted by Crippen LogP contribution is 1.94. The molecule has 0 amide bonds. The van der Waals surface area contributed by atoms with Crippen LogP contribution in [0.1, 0.15) is 13.3 Å². The van der Waals surface area contributed by atoms with E-state index in [1.54, 1.807) is 0 Å². The minimum atomic E-state index is 0.491. The molecule has 1 nitrogen and oxygen atoms in total. The van der Waals surface area contributed by atoms with E-state index in [-0.39, 0.29) is 0 Å². The van der Waals surface area contributed by atoms with Crippen LogP contribution in [-0.4, -0.2) is 6.54 Å². The normalized spacial score (nSPS) is 12.7. The van der Waals surface area contributed by atoms with Crippen LogP contribution in [0, 0.1) is 18.3 Å². The minimum absolute atomic E-state index is 0.491. The maximum atomic E-state index is 5.26. The van der Waals surface area contributed by atoms with Crippen LogP contribution < -0.4 is 5.73 Å². The van der Waals surface area contributed by atoms with Crippen LogP contribution in [0.4, 0.5) is 0 Å². The fraction of sp³-hybridized carbons (Fsp3) is 0.667. The van der Waals surface area contributed by atoms with Crippen molar-refractivity contribution in [1.82, 2.24) is 0 Å². The molecule has 0 saturated carbocycles. The summed E-state index contributed by atoms with van der Waals surface area (Å²) >= 11 is 0. The summed E-state index contributed by atoms with van der Waals surface area (Å²) in [6.45, 7) is 2.74. The molecule has 0 aliphatic rings. The van der Waals surface area contributed by atoms with E-state index in [2.05, 4.69) is 5.92 Å². The minimum Gasteiger partial charge on any atom is -0.330 e. The first-order valence-electron chi connectivity index (χ1n) is 2.44. The number of hydrogen-bond donors (Lipinski definition) is 1. The third-order valence-electron chi connectivity index (χ3n) is 0.869. The molecular weight excluding hydrogens is 86.1 g/mol. The molecule has 0 heterocycles. The molecule has 40 valence electrons. The molecule has 0 aromatic rings. The molecule has 7 heavy (non-hydrogen) atoms. The van der Waals surface area contributed by atoms with Gasteiger partial charge < -0.3 is 5.73 Å². The third kappa shape index (κ3) is 3.35. The van der Waals surface area contributed by atoms with Gasteiger partial charge >= 0.3 is 0 Å². The van der Waals surface area contributed by atoms with Crippen molar-refractivity contribution >= 4 is 0 Å². The second-order valence-electron chi connectivity index (χ2n) is 1.75. The molecule has 0 unspecified atom stereocenters. The van der Waals surface area contributed by atoms with Crippen LogP contribution in [0.3, 0.4) is 0 Å². The maximum Gasteiger partial charge on any atom is 0.0124 e. The highest BCUT2D eigenvalue weighted by Gasteiger charge is 1.91. The quantitative estimate of drug-likeness (QED) is 0.502. The first-order valence-corrected chi connectivity index (χ1v) is 2.44. The Morgan fingerprint density at radius 1 is 1.86 bits per heavy atom. The first-order chi connectivity index (χ1) is 3.31. The summed E-state index contributed by atoms with van der Waals surface area (Å²) in [5.41, 5.74) is 5.26. The summed E-state index contributed by atoms with van der Waals surface area (Å²) in [6, 6.07) is 0. The van der Waals surface area contributed by atoms with Crippen molar-refractivity contribution in [3.63, 3.8) is 0 Å². The van der Waals surface area contributed by atoms with Gasteiger partial charge in [-0.2, -0.15) is 0 Å². The Bertz CT molecular complexity index is 70.7. The molecule has 0 spiro atoms. The van der Waals surface area contributed by atoms with Gasteiger partial charge in [0.15, 0.2) is 0 Å². The molecule has 1 atom stereocenters. The zero-order chi connectivity index (χ0) is 5.70. The van der Waals surface area contributed by atoms with Crippen LogP contribution in [-0.2, 0) is 0 Å². The number of hydrogen-bond acceptors (Lipinski definition) is 1. The van der Waals surface area contributed by atoms with Crippen LogP contribution >= 0.6 is 0 Å². The van der Waals surface area contributed by atoms with Crippen molar-refractivity contribution in [2.45, 2.75) is 13.3 Å². The highest BCUT2D eigenvalue weighted by atomic mass is 14.5. The summed E-state index contributed by atoms with van der Waals surface area (Å²) in [7, 11) is 0. The van der Waals surface area contributed by atoms with Gasteiger partial charge in [-0.15, -0.1) is 12.3 Å². The van der Waals surface area contributed by atoms with Crippen molar-refractivity contribution in [3.05, 3.63) is 0 Å². The summed E-state index contributed by atoms with van der Waals surface area (Å²) < 4.78 is 0. The lowest BCUT2D eigenvalue weighted by Crippen LogP contribution is -2.09. The average molecular weight is 97.2 g/mol. The van der Waals surface area contributed by atoms with Crippen molar-refractivity contribution < 1.29 is 0 Å². The Kier molecular flexibility index (Phi) is 3.45.